The summed E-state index contributed by atoms with van der Waals surface area (Å²) < 4.78 is 5.76. The van der Waals surface area contributed by atoms with Crippen LogP contribution >= 0.6 is 0 Å². The van der Waals surface area contributed by atoms with Gasteiger partial charge >= 0.3 is 0 Å². The quantitative estimate of drug-likeness (QED) is 0.584. The van der Waals surface area contributed by atoms with Crippen molar-refractivity contribution in [1.82, 2.24) is 14.8 Å². The number of guanidine groups is 1. The van der Waals surface area contributed by atoms with E-state index >= 15 is 0 Å². The van der Waals surface area contributed by atoms with E-state index in [1.165, 1.54) is 32.1 Å². The minimum atomic E-state index is 0.645. The van der Waals surface area contributed by atoms with Gasteiger partial charge in [-0.05, 0) is 77.1 Å². The molecular weight excluding hydrogens is 374 g/mol. The molecule has 1 aromatic carbocycles. The van der Waals surface area contributed by atoms with E-state index < -0.39 is 0 Å². The summed E-state index contributed by atoms with van der Waals surface area (Å²) in [5.74, 6) is 3.48. The predicted octanol–water partition coefficient (Wildman–Crippen LogP) is 4.46. The van der Waals surface area contributed by atoms with E-state index in [2.05, 4.69) is 50.4 Å². The first-order valence-electron chi connectivity index (χ1n) is 11.4. The molecule has 1 N–H and O–H groups in total. The zero-order valence-electron chi connectivity index (χ0n) is 18.4. The minimum absolute atomic E-state index is 0.645. The lowest BCUT2D eigenvalue weighted by atomic mass is 9.97. The first-order valence-corrected chi connectivity index (χ1v) is 11.4. The first kappa shape index (κ1) is 20.9. The number of para-hydroxylation sites is 1. The molecule has 2 aromatic rings. The number of aliphatic imine (C=N–C) groups is 1. The third-order valence-corrected chi connectivity index (χ3v) is 6.32. The van der Waals surface area contributed by atoms with Crippen molar-refractivity contribution in [2.45, 2.75) is 52.5 Å². The number of piperidine rings is 2. The molecule has 0 radical (unpaired) electrons. The van der Waals surface area contributed by atoms with Crippen LogP contribution in [0.5, 0.6) is 0 Å². The summed E-state index contributed by atoms with van der Waals surface area (Å²) in [5.41, 5.74) is 2.12. The number of nitrogens with one attached hydrogen (secondary N) is 1. The van der Waals surface area contributed by atoms with Gasteiger partial charge in [0.05, 0.1) is 12.2 Å². The fourth-order valence-electron chi connectivity index (χ4n) is 4.32. The number of nitrogens with zero attached hydrogens (tertiary/aromatic N) is 4. The van der Waals surface area contributed by atoms with Crippen LogP contribution in [0.3, 0.4) is 0 Å². The molecule has 0 saturated carbocycles. The van der Waals surface area contributed by atoms with Crippen LogP contribution in [-0.4, -0.2) is 53.5 Å². The average molecular weight is 410 g/mol. The molecule has 2 saturated heterocycles. The molecule has 6 nitrogen and oxygen atoms in total. The largest absolute Gasteiger partial charge is 0.444 e. The van der Waals surface area contributed by atoms with E-state index in [1.807, 2.05) is 13.8 Å². The van der Waals surface area contributed by atoms with Gasteiger partial charge in [0.1, 0.15) is 5.76 Å². The fraction of sp³-hybridized carbons (Fsp3) is 0.583. The van der Waals surface area contributed by atoms with Crippen molar-refractivity contribution in [3.63, 3.8) is 0 Å². The molecule has 0 unspecified atom stereocenters. The van der Waals surface area contributed by atoms with Gasteiger partial charge < -0.3 is 14.6 Å². The lowest BCUT2D eigenvalue weighted by molar-refractivity contribution is 0.166. The fourth-order valence-corrected chi connectivity index (χ4v) is 4.32. The Hall–Kier alpha value is -2.34. The molecule has 3 heterocycles. The molecule has 0 spiro atoms. The molecule has 6 heteroatoms. The number of hydrogen-bond donors (Lipinski definition) is 1. The van der Waals surface area contributed by atoms with Crippen LogP contribution in [0.4, 0.5) is 5.69 Å². The average Bonchev–Trinajstić information content (AvgIpc) is 3.10. The normalized spacial score (nSPS) is 19.3. The molecule has 0 atom stereocenters. The molecule has 4 rings (SSSR count). The molecule has 0 bridgehead atoms. The number of aromatic nitrogens is 1. The molecular formula is C24H35N5O. The Bertz CT molecular complexity index is 798. The number of aryl methyl sites for hydroxylation is 2. The standard InChI is InChI=1S/C24H35N5O/c1-19-20(2)30-23(26-19)18-28-15-11-21(12-16-28)17-25-24(29-13-7-4-8-14-29)27-22-9-5-3-6-10-22/h3,5-6,9-10,21H,4,7-8,11-18H2,1-2H3,(H,25,27). The third-order valence-electron chi connectivity index (χ3n) is 6.32. The Morgan fingerprint density at radius 1 is 1.07 bits per heavy atom. The Labute approximate surface area is 180 Å². The van der Waals surface area contributed by atoms with Crippen molar-refractivity contribution in [1.29, 1.82) is 0 Å². The van der Waals surface area contributed by atoms with Crippen molar-refractivity contribution in [3.8, 4) is 0 Å². The maximum absolute atomic E-state index is 5.76. The van der Waals surface area contributed by atoms with Crippen molar-refractivity contribution >= 4 is 11.6 Å². The van der Waals surface area contributed by atoms with Crippen LogP contribution < -0.4 is 5.32 Å². The molecule has 0 aliphatic carbocycles. The van der Waals surface area contributed by atoms with Crippen LogP contribution in [0.25, 0.3) is 0 Å². The van der Waals surface area contributed by atoms with Gasteiger partial charge in [0, 0.05) is 25.3 Å². The zero-order valence-corrected chi connectivity index (χ0v) is 18.4. The van der Waals surface area contributed by atoms with Gasteiger partial charge in [0.2, 0.25) is 5.89 Å². The van der Waals surface area contributed by atoms with Crippen LogP contribution in [0.2, 0.25) is 0 Å². The summed E-state index contributed by atoms with van der Waals surface area (Å²) in [4.78, 5) is 14.5. The number of oxazole rings is 1. The molecule has 2 aliphatic rings. The van der Waals surface area contributed by atoms with Gasteiger partial charge in [0.15, 0.2) is 5.96 Å². The minimum Gasteiger partial charge on any atom is -0.444 e. The maximum Gasteiger partial charge on any atom is 0.208 e. The van der Waals surface area contributed by atoms with Crippen molar-refractivity contribution in [2.75, 3.05) is 38.0 Å². The summed E-state index contributed by atoms with van der Waals surface area (Å²) >= 11 is 0. The third kappa shape index (κ3) is 5.63. The van der Waals surface area contributed by atoms with Gasteiger partial charge in [-0.25, -0.2) is 4.98 Å². The summed E-state index contributed by atoms with van der Waals surface area (Å²) in [6, 6.07) is 10.4. The lowest BCUT2D eigenvalue weighted by Gasteiger charge is -2.32. The summed E-state index contributed by atoms with van der Waals surface area (Å²) in [6.07, 6.45) is 6.21. The van der Waals surface area contributed by atoms with Gasteiger partial charge in [-0.2, -0.15) is 0 Å². The van der Waals surface area contributed by atoms with Gasteiger partial charge in [-0.3, -0.25) is 9.89 Å². The molecule has 2 fully saturated rings. The zero-order chi connectivity index (χ0) is 20.8. The molecule has 0 amide bonds. The Kier molecular flexibility index (Phi) is 7.05. The van der Waals surface area contributed by atoms with Crippen LogP contribution in [0.1, 0.15) is 49.4 Å². The first-order chi connectivity index (χ1) is 14.7. The van der Waals surface area contributed by atoms with Crippen LogP contribution in [0.15, 0.2) is 39.7 Å². The topological polar surface area (TPSA) is 56.9 Å². The van der Waals surface area contributed by atoms with E-state index in [9.17, 15) is 0 Å². The Morgan fingerprint density at radius 2 is 1.80 bits per heavy atom. The van der Waals surface area contributed by atoms with E-state index in [0.29, 0.717) is 5.92 Å². The van der Waals surface area contributed by atoms with Crippen molar-refractivity contribution < 1.29 is 4.42 Å². The highest BCUT2D eigenvalue weighted by Crippen LogP contribution is 2.21. The van der Waals surface area contributed by atoms with E-state index in [4.69, 9.17) is 9.41 Å². The summed E-state index contributed by atoms with van der Waals surface area (Å²) in [6.45, 7) is 10.1. The van der Waals surface area contributed by atoms with Gasteiger partial charge in [0.25, 0.3) is 0 Å². The molecule has 1 aromatic heterocycles. The maximum atomic E-state index is 5.76. The number of rotatable bonds is 5. The highest BCUT2D eigenvalue weighted by Gasteiger charge is 2.22. The summed E-state index contributed by atoms with van der Waals surface area (Å²) in [5, 5.41) is 3.58. The smallest absolute Gasteiger partial charge is 0.208 e. The Morgan fingerprint density at radius 3 is 2.47 bits per heavy atom. The monoisotopic (exact) mass is 409 g/mol. The second-order valence-electron chi connectivity index (χ2n) is 8.67. The van der Waals surface area contributed by atoms with Gasteiger partial charge in [-0.15, -0.1) is 0 Å². The Balaban J connectivity index is 1.32. The number of hydrogen-bond acceptors (Lipinski definition) is 4. The highest BCUT2D eigenvalue weighted by molar-refractivity contribution is 5.93. The predicted molar refractivity (Wildman–Crippen MR) is 122 cm³/mol. The summed E-state index contributed by atoms with van der Waals surface area (Å²) in [7, 11) is 0. The molecule has 30 heavy (non-hydrogen) atoms. The van der Waals surface area contributed by atoms with E-state index in [1.54, 1.807) is 0 Å². The number of likely N-dealkylation sites (tertiary alicyclic amines) is 2. The van der Waals surface area contributed by atoms with Crippen molar-refractivity contribution in [3.05, 3.63) is 47.7 Å². The molecule has 162 valence electrons. The second-order valence-corrected chi connectivity index (χ2v) is 8.67. The van der Waals surface area contributed by atoms with E-state index in [-0.39, 0.29) is 0 Å². The number of anilines is 1. The second kappa shape index (κ2) is 10.1. The van der Waals surface area contributed by atoms with Crippen LogP contribution in [0, 0.1) is 19.8 Å². The lowest BCUT2D eigenvalue weighted by Crippen LogP contribution is -2.41. The van der Waals surface area contributed by atoms with Crippen LogP contribution in [-0.2, 0) is 6.54 Å². The molecule has 2 aliphatic heterocycles. The SMILES string of the molecule is Cc1nc(CN2CCC(CN=C(Nc3ccccc3)N3CCCCC3)CC2)oc1C. The van der Waals surface area contributed by atoms with E-state index in [0.717, 1.165) is 68.3 Å². The van der Waals surface area contributed by atoms with Gasteiger partial charge in [-0.1, -0.05) is 18.2 Å². The van der Waals surface area contributed by atoms with Crippen molar-refractivity contribution in [2.24, 2.45) is 10.9 Å². The highest BCUT2D eigenvalue weighted by atomic mass is 16.4. The number of benzene rings is 1.